The van der Waals surface area contributed by atoms with E-state index in [1.54, 1.807) is 0 Å². The van der Waals surface area contributed by atoms with Crippen LogP contribution in [-0.2, 0) is 13.9 Å². The number of nitrogens with two attached hydrogens (primary N) is 3. The highest BCUT2D eigenvalue weighted by molar-refractivity contribution is 7.43. The van der Waals surface area contributed by atoms with Crippen LogP contribution >= 0.6 is 7.82 Å². The summed E-state index contributed by atoms with van der Waals surface area (Å²) >= 11 is 0. The molecule has 0 aliphatic rings. The average Bonchev–Trinajstić information content (AvgIpc) is 2.83. The Hall–Kier alpha value is -1.19. The van der Waals surface area contributed by atoms with Crippen LogP contribution in [0, 0.1) is 5.92 Å². The molecule has 0 aromatic heterocycles. The second-order valence-electron chi connectivity index (χ2n) is 9.82. The SMILES string of the molecule is CCCCCCCCCCC(CCCCCCCC)COP(=O)([O-])[O-].NC(N)=NCCCC(N)C(=O)O. The number of carboxylic acids is 1. The zero-order valence-corrected chi connectivity index (χ0v) is 24.3. The van der Waals surface area contributed by atoms with Crippen molar-refractivity contribution in [3.63, 3.8) is 0 Å². The number of rotatable bonds is 24. The molecule has 2 atom stereocenters. The molecule has 0 spiro atoms. The number of aliphatic carboxylic acids is 1. The fraction of sp³-hybridized carbons (Fsp3) is 0.923. The van der Waals surface area contributed by atoms with Gasteiger partial charge in [-0.2, -0.15) is 0 Å². The number of aliphatic imine (C=N–C) groups is 1. The summed E-state index contributed by atoms with van der Waals surface area (Å²) in [6.45, 7) is 4.94. The molecule has 0 radical (unpaired) electrons. The zero-order chi connectivity index (χ0) is 28.4. The third kappa shape index (κ3) is 32.8. The van der Waals surface area contributed by atoms with Gasteiger partial charge in [0.15, 0.2) is 5.96 Å². The molecule has 0 aromatic carbocycles. The van der Waals surface area contributed by atoms with Gasteiger partial charge in [0.1, 0.15) is 6.04 Å². The molecule has 0 bridgehead atoms. The molecule has 0 aliphatic heterocycles. The topological polar surface area (TPSA) is 200 Å². The first-order valence-corrected chi connectivity index (χ1v) is 15.7. The van der Waals surface area contributed by atoms with Crippen LogP contribution in [0.15, 0.2) is 4.99 Å². The van der Waals surface area contributed by atoms with Crippen LogP contribution < -0.4 is 27.0 Å². The number of hydrogen-bond acceptors (Lipinski definition) is 7. The highest BCUT2D eigenvalue weighted by Crippen LogP contribution is 2.28. The van der Waals surface area contributed by atoms with Gasteiger partial charge < -0.3 is 41.2 Å². The molecule has 2 unspecified atom stereocenters. The van der Waals surface area contributed by atoms with Crippen LogP contribution in [-0.4, -0.2) is 36.2 Å². The van der Waals surface area contributed by atoms with Crippen molar-refractivity contribution in [2.75, 3.05) is 13.2 Å². The molecule has 0 aliphatic carbocycles. The van der Waals surface area contributed by atoms with E-state index in [0.717, 1.165) is 25.7 Å². The van der Waals surface area contributed by atoms with Crippen molar-refractivity contribution in [3.05, 3.63) is 0 Å². The molecule has 37 heavy (non-hydrogen) atoms. The van der Waals surface area contributed by atoms with Crippen LogP contribution in [0.5, 0.6) is 0 Å². The Morgan fingerprint density at radius 2 is 1.24 bits per heavy atom. The molecule has 0 heterocycles. The van der Waals surface area contributed by atoms with E-state index < -0.39 is 19.8 Å². The van der Waals surface area contributed by atoms with Crippen LogP contribution in [0.1, 0.15) is 129 Å². The summed E-state index contributed by atoms with van der Waals surface area (Å²) in [6, 6.07) is -0.820. The molecule has 0 saturated carbocycles. The number of carbonyl (C=O) groups is 1. The Balaban J connectivity index is 0. The monoisotopic (exact) mass is 550 g/mol. The van der Waals surface area contributed by atoms with E-state index in [4.69, 9.17) is 22.3 Å². The number of phosphoric ester groups is 1. The third-order valence-corrected chi connectivity index (χ3v) is 6.65. The number of guanidine groups is 1. The Bertz CT molecular complexity index is 600. The molecule has 7 N–H and O–H groups in total. The minimum absolute atomic E-state index is 0.0129. The molecule has 0 rings (SSSR count). The van der Waals surface area contributed by atoms with Gasteiger partial charge >= 0.3 is 5.97 Å². The lowest BCUT2D eigenvalue weighted by Gasteiger charge is -2.31. The highest BCUT2D eigenvalue weighted by atomic mass is 31.2. The molecular weight excluding hydrogens is 495 g/mol. The van der Waals surface area contributed by atoms with Crippen molar-refractivity contribution in [1.29, 1.82) is 0 Å². The number of phosphoric acid groups is 1. The first-order valence-electron chi connectivity index (χ1n) is 14.2. The number of nitrogens with zero attached hydrogens (tertiary/aromatic N) is 1. The normalized spacial score (nSPS) is 12.9. The van der Waals surface area contributed by atoms with E-state index in [-0.39, 0.29) is 18.5 Å². The van der Waals surface area contributed by atoms with E-state index in [1.807, 2.05) is 0 Å². The van der Waals surface area contributed by atoms with Crippen molar-refractivity contribution in [1.82, 2.24) is 0 Å². The first kappa shape index (κ1) is 38.0. The Morgan fingerprint density at radius 3 is 1.62 bits per heavy atom. The Kier molecular flexibility index (Phi) is 27.1. The summed E-state index contributed by atoms with van der Waals surface area (Å²) in [7, 11) is -4.83. The van der Waals surface area contributed by atoms with Crippen molar-refractivity contribution >= 4 is 19.8 Å². The van der Waals surface area contributed by atoms with Crippen LogP contribution in [0.4, 0.5) is 0 Å². The van der Waals surface area contributed by atoms with Gasteiger partial charge in [0.2, 0.25) is 0 Å². The molecule has 0 saturated heterocycles. The van der Waals surface area contributed by atoms with E-state index in [9.17, 15) is 19.1 Å². The number of hydrogen-bond donors (Lipinski definition) is 4. The summed E-state index contributed by atoms with van der Waals surface area (Å²) in [5.74, 6) is -0.777. The lowest BCUT2D eigenvalue weighted by Crippen LogP contribution is -2.30. The van der Waals surface area contributed by atoms with Gasteiger partial charge in [-0.3, -0.25) is 9.79 Å². The average molecular weight is 551 g/mol. The van der Waals surface area contributed by atoms with Gasteiger partial charge in [0, 0.05) is 6.54 Å². The highest BCUT2D eigenvalue weighted by Gasteiger charge is 2.10. The predicted molar refractivity (Wildman–Crippen MR) is 148 cm³/mol. The van der Waals surface area contributed by atoms with Gasteiger partial charge in [0.25, 0.3) is 0 Å². The van der Waals surface area contributed by atoms with Crippen molar-refractivity contribution in [3.8, 4) is 0 Å². The fourth-order valence-corrected chi connectivity index (χ4v) is 4.32. The summed E-state index contributed by atoms with van der Waals surface area (Å²) in [6.07, 6.45) is 20.4. The summed E-state index contributed by atoms with van der Waals surface area (Å²) in [5, 5.41) is 8.38. The van der Waals surface area contributed by atoms with E-state index in [0.29, 0.717) is 19.4 Å². The summed E-state index contributed by atoms with van der Waals surface area (Å²) in [4.78, 5) is 35.4. The molecule has 0 amide bonds. The van der Waals surface area contributed by atoms with Crippen molar-refractivity contribution < 1.29 is 28.8 Å². The predicted octanol–water partition coefficient (Wildman–Crippen LogP) is 4.18. The van der Waals surface area contributed by atoms with E-state index in [2.05, 4.69) is 23.4 Å². The Labute approximate surface area is 225 Å². The van der Waals surface area contributed by atoms with Crippen LogP contribution in [0.2, 0.25) is 0 Å². The van der Waals surface area contributed by atoms with Gasteiger partial charge in [-0.1, -0.05) is 104 Å². The van der Waals surface area contributed by atoms with E-state index in [1.165, 1.54) is 77.0 Å². The lowest BCUT2D eigenvalue weighted by molar-refractivity contribution is -0.342. The molecule has 222 valence electrons. The number of carboxylic acid groups (broad SMARTS) is 1. The van der Waals surface area contributed by atoms with Gasteiger partial charge in [-0.25, -0.2) is 0 Å². The summed E-state index contributed by atoms with van der Waals surface area (Å²) < 4.78 is 15.3. The summed E-state index contributed by atoms with van der Waals surface area (Å²) in [5.41, 5.74) is 15.3. The maximum Gasteiger partial charge on any atom is 0.320 e. The minimum Gasteiger partial charge on any atom is -0.790 e. The maximum absolute atomic E-state index is 10.7. The first-order chi connectivity index (χ1) is 17.5. The number of unbranched alkanes of at least 4 members (excludes halogenated alkanes) is 12. The molecule has 0 fully saturated rings. The zero-order valence-electron chi connectivity index (χ0n) is 23.4. The largest absolute Gasteiger partial charge is 0.790 e. The standard InChI is InChI=1S/C20H43O4P.C6H14N4O2/c1-3-5-7-9-11-12-14-16-18-20(19-24-25(21,22)23)17-15-13-10-8-6-4-2;7-4(5(11)12)2-1-3-10-6(8)9/h20H,3-19H2,1-2H3,(H2,21,22,23);4H,1-3,7H2,(H,11,12)(H4,8,9,10)/p-2. The molecular formula is C26H55N4O6P-2. The van der Waals surface area contributed by atoms with Crippen molar-refractivity contribution in [2.45, 2.75) is 135 Å². The third-order valence-electron chi connectivity index (χ3n) is 6.19. The van der Waals surface area contributed by atoms with E-state index >= 15 is 0 Å². The maximum atomic E-state index is 10.7. The fourth-order valence-electron chi connectivity index (χ4n) is 3.93. The minimum atomic E-state index is -4.83. The second-order valence-corrected chi connectivity index (χ2v) is 11.0. The molecule has 0 aromatic rings. The Morgan fingerprint density at radius 1 is 0.811 bits per heavy atom. The quantitative estimate of drug-likeness (QED) is 0.0588. The molecule has 10 nitrogen and oxygen atoms in total. The van der Waals surface area contributed by atoms with Gasteiger partial charge in [-0.05, 0) is 31.6 Å². The lowest BCUT2D eigenvalue weighted by atomic mass is 9.95. The molecule has 11 heteroatoms. The van der Waals surface area contributed by atoms with Gasteiger partial charge in [0.05, 0.1) is 14.4 Å². The second kappa shape index (κ2) is 26.4. The van der Waals surface area contributed by atoms with Crippen LogP contribution in [0.25, 0.3) is 0 Å². The smallest absolute Gasteiger partial charge is 0.320 e. The van der Waals surface area contributed by atoms with Crippen LogP contribution in [0.3, 0.4) is 0 Å². The van der Waals surface area contributed by atoms with Crippen molar-refractivity contribution in [2.24, 2.45) is 28.1 Å². The van der Waals surface area contributed by atoms with Gasteiger partial charge in [-0.15, -0.1) is 0 Å².